The monoisotopic (exact) mass is 381 g/mol. The van der Waals surface area contributed by atoms with E-state index in [0.717, 1.165) is 16.4 Å². The Morgan fingerprint density at radius 3 is 2.33 bits per heavy atom. The number of hydrogen-bond acceptors (Lipinski definition) is 4. The second-order valence-corrected chi connectivity index (χ2v) is 7.20. The van der Waals surface area contributed by atoms with Crippen LogP contribution in [-0.2, 0) is 0 Å². The van der Waals surface area contributed by atoms with Crippen molar-refractivity contribution in [3.8, 4) is 11.3 Å². The lowest BCUT2D eigenvalue weighted by Crippen LogP contribution is -2.30. The van der Waals surface area contributed by atoms with Gasteiger partial charge in [-0.1, -0.05) is 23.9 Å². The summed E-state index contributed by atoms with van der Waals surface area (Å²) in [5.74, 6) is -0.0144. The van der Waals surface area contributed by atoms with E-state index in [0.29, 0.717) is 29.8 Å². The van der Waals surface area contributed by atoms with Crippen LogP contribution < -0.4 is 0 Å². The van der Waals surface area contributed by atoms with Crippen molar-refractivity contribution in [2.24, 2.45) is 0 Å². The predicted octanol–water partition coefficient (Wildman–Crippen LogP) is 3.99. The molecular weight excluding hydrogens is 365 g/mol. The number of imide groups is 1. The second-order valence-electron chi connectivity index (χ2n) is 6.12. The van der Waals surface area contributed by atoms with E-state index in [1.54, 1.807) is 42.6 Å². The summed E-state index contributed by atoms with van der Waals surface area (Å²) in [5, 5.41) is 0.747. The molecule has 7 heteroatoms. The number of carbonyl (C=O) groups is 2. The van der Waals surface area contributed by atoms with Gasteiger partial charge in [0.2, 0.25) is 0 Å². The molecule has 0 saturated heterocycles. The van der Waals surface area contributed by atoms with Crippen LogP contribution in [-0.4, -0.2) is 39.0 Å². The van der Waals surface area contributed by atoms with E-state index < -0.39 is 0 Å². The van der Waals surface area contributed by atoms with E-state index in [1.807, 2.05) is 0 Å². The van der Waals surface area contributed by atoms with Gasteiger partial charge >= 0.3 is 0 Å². The molecule has 0 radical (unpaired) electrons. The fourth-order valence-corrected chi connectivity index (χ4v) is 3.76. The highest BCUT2D eigenvalue weighted by Gasteiger charge is 2.34. The molecule has 0 fully saturated rings. The summed E-state index contributed by atoms with van der Waals surface area (Å²) in [6.45, 7) is 0.380. The zero-order valence-electron chi connectivity index (χ0n) is 14.3. The van der Waals surface area contributed by atoms with E-state index in [2.05, 4.69) is 9.97 Å². The first kappa shape index (κ1) is 17.5. The Morgan fingerprint density at radius 2 is 1.67 bits per heavy atom. The summed E-state index contributed by atoms with van der Waals surface area (Å²) in [6, 6.07) is 13.1. The number of H-pyrrole nitrogens is 1. The third-order valence-electron chi connectivity index (χ3n) is 4.35. The molecule has 2 aromatic carbocycles. The van der Waals surface area contributed by atoms with Gasteiger partial charge in [-0.25, -0.2) is 9.37 Å². The summed E-state index contributed by atoms with van der Waals surface area (Å²) in [6.07, 6.45) is 2.38. The van der Waals surface area contributed by atoms with E-state index in [-0.39, 0.29) is 17.6 Å². The molecule has 2 heterocycles. The van der Waals surface area contributed by atoms with Gasteiger partial charge in [-0.05, 0) is 48.4 Å². The zero-order valence-corrected chi connectivity index (χ0v) is 15.1. The highest BCUT2D eigenvalue weighted by molar-refractivity contribution is 7.99. The normalized spacial score (nSPS) is 13.3. The fourth-order valence-electron chi connectivity index (χ4n) is 2.99. The minimum absolute atomic E-state index is 0.225. The summed E-state index contributed by atoms with van der Waals surface area (Å²) in [5.41, 5.74) is 2.63. The lowest BCUT2D eigenvalue weighted by Gasteiger charge is -2.12. The Hall–Kier alpha value is -2.93. The smallest absolute Gasteiger partial charge is 0.261 e. The molecule has 2 amide bonds. The van der Waals surface area contributed by atoms with Gasteiger partial charge in [-0.2, -0.15) is 0 Å². The molecule has 0 atom stereocenters. The number of nitrogens with one attached hydrogen (secondary N) is 1. The number of fused-ring (bicyclic) bond motifs is 1. The van der Waals surface area contributed by atoms with Gasteiger partial charge in [0.15, 0.2) is 5.16 Å². The molecule has 4 rings (SSSR count). The van der Waals surface area contributed by atoms with Crippen molar-refractivity contribution in [3.05, 3.63) is 71.7 Å². The molecule has 1 N–H and O–H groups in total. The van der Waals surface area contributed by atoms with Crippen molar-refractivity contribution in [3.63, 3.8) is 0 Å². The Kier molecular flexibility index (Phi) is 4.77. The number of amides is 2. The van der Waals surface area contributed by atoms with E-state index in [9.17, 15) is 14.0 Å². The van der Waals surface area contributed by atoms with Crippen molar-refractivity contribution < 1.29 is 14.0 Å². The Morgan fingerprint density at radius 1 is 1.00 bits per heavy atom. The van der Waals surface area contributed by atoms with Crippen LogP contribution in [0.2, 0.25) is 0 Å². The minimum Gasteiger partial charge on any atom is -0.333 e. The molecule has 0 unspecified atom stereocenters. The van der Waals surface area contributed by atoms with Crippen LogP contribution in [0.15, 0.2) is 59.9 Å². The molecule has 136 valence electrons. The molecule has 0 bridgehead atoms. The molecule has 0 aliphatic carbocycles. The van der Waals surface area contributed by atoms with Crippen LogP contribution in [0, 0.1) is 5.82 Å². The molecule has 1 aromatic heterocycles. The number of imidazole rings is 1. The van der Waals surface area contributed by atoms with Gasteiger partial charge < -0.3 is 4.98 Å². The van der Waals surface area contributed by atoms with Crippen molar-refractivity contribution in [1.29, 1.82) is 0 Å². The fraction of sp³-hybridized carbons (Fsp3) is 0.150. The van der Waals surface area contributed by atoms with Crippen LogP contribution in [0.25, 0.3) is 11.3 Å². The number of hydrogen-bond donors (Lipinski definition) is 1. The van der Waals surface area contributed by atoms with Crippen molar-refractivity contribution >= 4 is 23.6 Å². The number of benzene rings is 2. The lowest BCUT2D eigenvalue weighted by atomic mass is 10.1. The first-order valence-electron chi connectivity index (χ1n) is 8.52. The van der Waals surface area contributed by atoms with Gasteiger partial charge in [-0.3, -0.25) is 14.5 Å². The van der Waals surface area contributed by atoms with E-state index in [4.69, 9.17) is 0 Å². The van der Waals surface area contributed by atoms with Crippen LogP contribution in [0.1, 0.15) is 27.1 Å². The standard InChI is InChI=1S/C20H16FN3O2S/c21-14-8-6-13(7-9-14)17-12-22-20(23-17)27-11-3-10-24-18(25)15-4-1-2-5-16(15)19(24)26/h1-2,4-9,12H,3,10-11H2,(H,22,23). The van der Waals surface area contributed by atoms with Crippen LogP contribution in [0.4, 0.5) is 4.39 Å². The first-order valence-corrected chi connectivity index (χ1v) is 9.51. The van der Waals surface area contributed by atoms with E-state index in [1.165, 1.54) is 28.8 Å². The number of aromatic nitrogens is 2. The summed E-state index contributed by atoms with van der Waals surface area (Å²) in [4.78, 5) is 33.4. The van der Waals surface area contributed by atoms with Gasteiger partial charge in [-0.15, -0.1) is 0 Å². The number of carbonyl (C=O) groups excluding carboxylic acids is 2. The van der Waals surface area contributed by atoms with Gasteiger partial charge in [0.1, 0.15) is 5.82 Å². The Balaban J connectivity index is 1.31. The first-order chi connectivity index (χ1) is 13.1. The van der Waals surface area contributed by atoms with Crippen molar-refractivity contribution in [2.45, 2.75) is 11.6 Å². The maximum Gasteiger partial charge on any atom is 0.261 e. The maximum atomic E-state index is 13.0. The van der Waals surface area contributed by atoms with Crippen molar-refractivity contribution in [1.82, 2.24) is 14.9 Å². The molecule has 27 heavy (non-hydrogen) atoms. The minimum atomic E-state index is -0.277. The number of aromatic amines is 1. The average Bonchev–Trinajstić information content (AvgIpc) is 3.25. The third kappa shape index (κ3) is 3.50. The predicted molar refractivity (Wildman–Crippen MR) is 101 cm³/mol. The zero-order chi connectivity index (χ0) is 18.8. The average molecular weight is 381 g/mol. The topological polar surface area (TPSA) is 66.1 Å². The molecule has 5 nitrogen and oxygen atoms in total. The van der Waals surface area contributed by atoms with Crippen molar-refractivity contribution in [2.75, 3.05) is 12.3 Å². The van der Waals surface area contributed by atoms with Crippen LogP contribution in [0.5, 0.6) is 0 Å². The molecule has 1 aliphatic heterocycles. The molecule has 0 spiro atoms. The van der Waals surface area contributed by atoms with Crippen LogP contribution >= 0.6 is 11.8 Å². The second kappa shape index (κ2) is 7.36. The summed E-state index contributed by atoms with van der Waals surface area (Å²) < 4.78 is 13.0. The molecule has 3 aromatic rings. The van der Waals surface area contributed by atoms with Gasteiger partial charge in [0.25, 0.3) is 11.8 Å². The SMILES string of the molecule is O=C1c2ccccc2C(=O)N1CCCSc1ncc(-c2ccc(F)cc2)[nH]1. The van der Waals surface area contributed by atoms with Gasteiger partial charge in [0.05, 0.1) is 23.0 Å². The Bertz CT molecular complexity index is 965. The maximum absolute atomic E-state index is 13.0. The number of halogens is 1. The van der Waals surface area contributed by atoms with E-state index >= 15 is 0 Å². The summed E-state index contributed by atoms with van der Waals surface area (Å²) >= 11 is 1.52. The molecular formula is C20H16FN3O2S. The largest absolute Gasteiger partial charge is 0.333 e. The Labute approximate surface area is 159 Å². The lowest BCUT2D eigenvalue weighted by molar-refractivity contribution is 0.0655. The third-order valence-corrected chi connectivity index (χ3v) is 5.32. The molecule has 0 saturated carbocycles. The number of thioether (sulfide) groups is 1. The highest BCUT2D eigenvalue weighted by atomic mass is 32.2. The molecule has 1 aliphatic rings. The quantitative estimate of drug-likeness (QED) is 0.398. The number of rotatable bonds is 6. The highest BCUT2D eigenvalue weighted by Crippen LogP contribution is 2.24. The summed E-state index contributed by atoms with van der Waals surface area (Å²) in [7, 11) is 0. The van der Waals surface area contributed by atoms with Gasteiger partial charge in [0, 0.05) is 12.3 Å². The van der Waals surface area contributed by atoms with Crippen LogP contribution in [0.3, 0.4) is 0 Å². The number of nitrogens with zero attached hydrogens (tertiary/aromatic N) is 2.